The molecule has 0 radical (unpaired) electrons. The van der Waals surface area contributed by atoms with Crippen molar-refractivity contribution in [3.05, 3.63) is 78.6 Å². The summed E-state index contributed by atoms with van der Waals surface area (Å²) in [4.78, 5) is 23.6. The monoisotopic (exact) mass is 431 g/mol. The largest absolute Gasteiger partial charge is 0.461 e. The molecule has 8 heteroatoms. The molecule has 0 aliphatic heterocycles. The first-order valence-electron chi connectivity index (χ1n) is 9.13. The molecule has 0 saturated heterocycles. The molecule has 0 unspecified atom stereocenters. The van der Waals surface area contributed by atoms with Crippen molar-refractivity contribution in [2.45, 2.75) is 33.9 Å². The molecule has 3 aromatic rings. The average molecular weight is 432 g/mol. The summed E-state index contributed by atoms with van der Waals surface area (Å²) < 4.78 is 8.48. The van der Waals surface area contributed by atoms with Gasteiger partial charge in [-0.1, -0.05) is 52.8 Å². The topological polar surface area (TPSA) is 66.1 Å². The molecule has 2 heterocycles. The molecular formula is C21H22ClN3O3S. The number of hydrogen-bond donors (Lipinski definition) is 0. The van der Waals surface area contributed by atoms with Crippen molar-refractivity contribution < 1.29 is 9.53 Å². The normalized spacial score (nSPS) is 11.3. The molecule has 0 N–H and O–H groups in total. The third-order valence-corrected chi connectivity index (χ3v) is 5.76. The smallest absolute Gasteiger partial charge is 0.330 e. The number of aryl methyl sites for hydroxylation is 3. The highest BCUT2D eigenvalue weighted by Crippen LogP contribution is 2.22. The van der Waals surface area contributed by atoms with Crippen LogP contribution in [-0.4, -0.2) is 26.9 Å². The minimum Gasteiger partial charge on any atom is -0.461 e. The number of esters is 1. The first-order chi connectivity index (χ1) is 13.8. The van der Waals surface area contributed by atoms with E-state index in [2.05, 4.69) is 5.10 Å². The molecule has 0 atom stereocenters. The Morgan fingerprint density at radius 2 is 1.97 bits per heavy atom. The highest BCUT2D eigenvalue weighted by Gasteiger charge is 2.12. The summed E-state index contributed by atoms with van der Waals surface area (Å²) >= 11 is 7.59. The van der Waals surface area contributed by atoms with Gasteiger partial charge < -0.3 is 4.74 Å². The van der Waals surface area contributed by atoms with Crippen LogP contribution in [0.2, 0.25) is 5.15 Å². The number of rotatable bonds is 7. The molecule has 6 nitrogen and oxygen atoms in total. The summed E-state index contributed by atoms with van der Waals surface area (Å²) in [5, 5.41) is 6.71. The molecule has 0 saturated carbocycles. The summed E-state index contributed by atoms with van der Waals surface area (Å²) in [5.74, 6) is -0.493. The Kier molecular flexibility index (Phi) is 6.71. The summed E-state index contributed by atoms with van der Waals surface area (Å²) in [6, 6.07) is 8.16. The van der Waals surface area contributed by atoms with Crippen molar-refractivity contribution in [1.29, 1.82) is 0 Å². The molecule has 0 aliphatic rings. The highest BCUT2D eigenvalue weighted by molar-refractivity contribution is 7.07. The van der Waals surface area contributed by atoms with Gasteiger partial charge in [0, 0.05) is 22.7 Å². The van der Waals surface area contributed by atoms with Crippen molar-refractivity contribution in [2.24, 2.45) is 0 Å². The van der Waals surface area contributed by atoms with Crippen molar-refractivity contribution >= 4 is 35.0 Å². The second-order valence-corrected chi connectivity index (χ2v) is 7.91. The van der Waals surface area contributed by atoms with E-state index in [9.17, 15) is 9.59 Å². The Bertz CT molecular complexity index is 1090. The first kappa shape index (κ1) is 21.1. The van der Waals surface area contributed by atoms with E-state index in [1.165, 1.54) is 11.6 Å². The van der Waals surface area contributed by atoms with Gasteiger partial charge in [-0.05, 0) is 32.4 Å². The van der Waals surface area contributed by atoms with Crippen LogP contribution >= 0.6 is 22.9 Å². The van der Waals surface area contributed by atoms with Gasteiger partial charge in [-0.25, -0.2) is 9.48 Å². The zero-order valence-electron chi connectivity index (χ0n) is 16.5. The van der Waals surface area contributed by atoms with Crippen molar-refractivity contribution in [3.63, 3.8) is 0 Å². The van der Waals surface area contributed by atoms with Gasteiger partial charge >= 0.3 is 10.8 Å². The number of carbonyl (C=O) groups is 1. The Labute approximate surface area is 178 Å². The van der Waals surface area contributed by atoms with Crippen molar-refractivity contribution in [2.75, 3.05) is 6.61 Å². The number of benzene rings is 1. The molecule has 1 aromatic carbocycles. The number of carbonyl (C=O) groups excluding carboxylic acids is 1. The Morgan fingerprint density at radius 1 is 1.24 bits per heavy atom. The lowest BCUT2D eigenvalue weighted by Crippen LogP contribution is -2.19. The van der Waals surface area contributed by atoms with E-state index in [1.807, 2.05) is 45.0 Å². The lowest BCUT2D eigenvalue weighted by Gasteiger charge is -2.05. The quantitative estimate of drug-likeness (QED) is 0.419. The standard InChI is InChI=1S/C21H22ClN3O3S/c1-14-4-6-17(7-5-14)12-25-20(22)18(16(3)23-25)8-9-19(26)28-11-10-24-15(2)13-29-21(24)27/h4-9,13H,10-12H2,1-3H3/b9-8+. The van der Waals surface area contributed by atoms with Crippen LogP contribution in [0, 0.1) is 20.8 Å². The van der Waals surface area contributed by atoms with E-state index in [1.54, 1.807) is 20.7 Å². The number of thiazole rings is 1. The van der Waals surface area contributed by atoms with Crippen LogP contribution < -0.4 is 4.87 Å². The molecule has 152 valence electrons. The minimum absolute atomic E-state index is 0.0579. The van der Waals surface area contributed by atoms with Gasteiger partial charge in [0.1, 0.15) is 11.8 Å². The SMILES string of the molecule is Cc1ccc(Cn2nc(C)c(/C=C/C(=O)OCCn3c(C)csc3=O)c2Cl)cc1. The zero-order chi connectivity index (χ0) is 21.0. The number of nitrogens with zero attached hydrogens (tertiary/aromatic N) is 3. The molecule has 0 amide bonds. The van der Waals surface area contributed by atoms with Gasteiger partial charge in [0.25, 0.3) is 0 Å². The summed E-state index contributed by atoms with van der Waals surface area (Å²) in [6.45, 7) is 6.73. The van der Waals surface area contributed by atoms with Crippen LogP contribution in [-0.2, 0) is 22.6 Å². The van der Waals surface area contributed by atoms with Crippen LogP contribution in [0.15, 0.2) is 40.5 Å². The molecular weight excluding hydrogens is 410 g/mol. The third-order valence-electron chi connectivity index (χ3n) is 4.48. The van der Waals surface area contributed by atoms with Gasteiger partial charge in [0.05, 0.1) is 18.8 Å². The molecule has 2 aromatic heterocycles. The van der Waals surface area contributed by atoms with Crippen LogP contribution in [0.25, 0.3) is 6.08 Å². The van der Waals surface area contributed by atoms with E-state index < -0.39 is 5.97 Å². The highest BCUT2D eigenvalue weighted by atomic mass is 35.5. The fraction of sp³-hybridized carbons (Fsp3) is 0.286. The summed E-state index contributed by atoms with van der Waals surface area (Å²) in [7, 11) is 0. The predicted octanol–water partition coefficient (Wildman–Crippen LogP) is 3.99. The Balaban J connectivity index is 1.61. The Hall–Kier alpha value is -2.64. The van der Waals surface area contributed by atoms with Crippen molar-refractivity contribution in [1.82, 2.24) is 14.3 Å². The van der Waals surface area contributed by atoms with Crippen LogP contribution in [0.3, 0.4) is 0 Å². The summed E-state index contributed by atoms with van der Waals surface area (Å²) in [6.07, 6.45) is 2.94. The van der Waals surface area contributed by atoms with E-state index in [-0.39, 0.29) is 11.5 Å². The van der Waals surface area contributed by atoms with E-state index in [0.29, 0.717) is 23.8 Å². The number of hydrogen-bond acceptors (Lipinski definition) is 5. The number of halogens is 1. The Morgan fingerprint density at radius 3 is 2.62 bits per heavy atom. The predicted molar refractivity (Wildman–Crippen MR) is 116 cm³/mol. The average Bonchev–Trinajstić information content (AvgIpc) is 3.14. The van der Waals surface area contributed by atoms with Gasteiger partial charge in [-0.3, -0.25) is 9.36 Å². The second-order valence-electron chi connectivity index (χ2n) is 6.73. The maximum Gasteiger partial charge on any atom is 0.330 e. The van der Waals surface area contributed by atoms with Crippen LogP contribution in [0.5, 0.6) is 0 Å². The molecule has 0 bridgehead atoms. The fourth-order valence-corrected chi connectivity index (χ4v) is 3.90. The molecule has 0 spiro atoms. The minimum atomic E-state index is -0.493. The molecule has 0 fully saturated rings. The molecule has 0 aliphatic carbocycles. The van der Waals surface area contributed by atoms with Crippen LogP contribution in [0.4, 0.5) is 0 Å². The van der Waals surface area contributed by atoms with Gasteiger partial charge in [0.15, 0.2) is 0 Å². The number of aromatic nitrogens is 3. The number of ether oxygens (including phenoxy) is 1. The lowest BCUT2D eigenvalue weighted by molar-refractivity contribution is -0.137. The van der Waals surface area contributed by atoms with Crippen LogP contribution in [0.1, 0.15) is 28.1 Å². The summed E-state index contributed by atoms with van der Waals surface area (Å²) in [5.41, 5.74) is 4.55. The van der Waals surface area contributed by atoms with Gasteiger partial charge in [-0.15, -0.1) is 0 Å². The van der Waals surface area contributed by atoms with E-state index in [0.717, 1.165) is 28.3 Å². The second kappa shape index (κ2) is 9.24. The molecule has 29 heavy (non-hydrogen) atoms. The fourth-order valence-electron chi connectivity index (χ4n) is 2.84. The van der Waals surface area contributed by atoms with E-state index in [4.69, 9.17) is 16.3 Å². The van der Waals surface area contributed by atoms with Gasteiger partial charge in [0.2, 0.25) is 0 Å². The maximum absolute atomic E-state index is 12.0. The van der Waals surface area contributed by atoms with Crippen molar-refractivity contribution in [3.8, 4) is 0 Å². The molecule has 3 rings (SSSR count). The first-order valence-corrected chi connectivity index (χ1v) is 10.4. The third kappa shape index (κ3) is 5.25. The lowest BCUT2D eigenvalue weighted by atomic mass is 10.1. The maximum atomic E-state index is 12.0. The zero-order valence-corrected chi connectivity index (χ0v) is 18.1. The van der Waals surface area contributed by atoms with E-state index >= 15 is 0 Å². The van der Waals surface area contributed by atoms with Gasteiger partial charge in [-0.2, -0.15) is 5.10 Å².